The fourth-order valence-electron chi connectivity index (χ4n) is 1.65. The number of rotatable bonds is 4. The highest BCUT2D eigenvalue weighted by atomic mass is 35.5. The normalized spacial score (nSPS) is 10.3. The third kappa shape index (κ3) is 3.68. The first-order chi connectivity index (χ1) is 9.60. The summed E-state index contributed by atoms with van der Waals surface area (Å²) < 4.78 is 4.98. The van der Waals surface area contributed by atoms with Crippen LogP contribution in [0, 0.1) is 0 Å². The molecule has 5 heteroatoms. The van der Waals surface area contributed by atoms with E-state index >= 15 is 0 Å². The number of benzene rings is 2. The lowest BCUT2D eigenvalue weighted by molar-refractivity contribution is 0.0527. The van der Waals surface area contributed by atoms with E-state index in [0.717, 1.165) is 9.79 Å². The molecule has 2 aromatic carbocycles. The van der Waals surface area contributed by atoms with Crippen molar-refractivity contribution in [2.24, 2.45) is 0 Å². The van der Waals surface area contributed by atoms with E-state index in [-0.39, 0.29) is 0 Å². The quantitative estimate of drug-likeness (QED) is 0.677. The smallest absolute Gasteiger partial charge is 0.340 e. The fraction of sp³-hybridized carbons (Fsp3) is 0.133. The Morgan fingerprint density at radius 1 is 1.25 bits per heavy atom. The molecule has 0 unspecified atom stereocenters. The van der Waals surface area contributed by atoms with Gasteiger partial charge in [-0.1, -0.05) is 29.4 Å². The number of esters is 1. The molecular weight excluding hydrogens is 294 g/mol. The van der Waals surface area contributed by atoms with E-state index in [9.17, 15) is 4.79 Å². The van der Waals surface area contributed by atoms with Crippen LogP contribution in [0.3, 0.4) is 0 Å². The SMILES string of the molecule is CCOC(=O)c1cc(Sc2cccc(Cl)c2)ccc1N. The lowest BCUT2D eigenvalue weighted by Crippen LogP contribution is -2.07. The molecule has 0 aromatic heterocycles. The molecule has 0 atom stereocenters. The van der Waals surface area contributed by atoms with Crippen molar-refractivity contribution in [3.05, 3.63) is 53.1 Å². The molecule has 0 spiro atoms. The molecule has 0 saturated heterocycles. The second-order valence-electron chi connectivity index (χ2n) is 4.03. The Morgan fingerprint density at radius 2 is 2.00 bits per heavy atom. The van der Waals surface area contributed by atoms with E-state index in [4.69, 9.17) is 22.1 Å². The Bertz CT molecular complexity index is 631. The second kappa shape index (κ2) is 6.68. The summed E-state index contributed by atoms with van der Waals surface area (Å²) in [6.45, 7) is 2.09. The molecule has 0 aliphatic heterocycles. The zero-order chi connectivity index (χ0) is 14.5. The molecule has 0 saturated carbocycles. The van der Waals surface area contributed by atoms with Crippen molar-refractivity contribution in [3.8, 4) is 0 Å². The Labute approximate surface area is 127 Å². The van der Waals surface area contributed by atoms with Crippen LogP contribution >= 0.6 is 23.4 Å². The Hall–Kier alpha value is -1.65. The zero-order valence-electron chi connectivity index (χ0n) is 10.9. The molecule has 0 aliphatic rings. The predicted octanol–water partition coefficient (Wildman–Crippen LogP) is 4.25. The first kappa shape index (κ1) is 14.8. The van der Waals surface area contributed by atoms with Crippen molar-refractivity contribution in [2.75, 3.05) is 12.3 Å². The monoisotopic (exact) mass is 307 g/mol. The molecule has 2 aromatic rings. The van der Waals surface area contributed by atoms with Crippen molar-refractivity contribution in [1.29, 1.82) is 0 Å². The Kier molecular flexibility index (Phi) is 4.93. The minimum Gasteiger partial charge on any atom is -0.462 e. The van der Waals surface area contributed by atoms with Gasteiger partial charge in [-0.3, -0.25) is 0 Å². The van der Waals surface area contributed by atoms with Crippen LogP contribution in [0.25, 0.3) is 0 Å². The molecule has 104 valence electrons. The lowest BCUT2D eigenvalue weighted by atomic mass is 10.2. The number of hydrogen-bond donors (Lipinski definition) is 1. The van der Waals surface area contributed by atoms with Crippen molar-refractivity contribution in [3.63, 3.8) is 0 Å². The first-order valence-corrected chi connectivity index (χ1v) is 7.29. The highest BCUT2D eigenvalue weighted by Gasteiger charge is 2.12. The second-order valence-corrected chi connectivity index (χ2v) is 5.61. The van der Waals surface area contributed by atoms with Gasteiger partial charge in [0.25, 0.3) is 0 Å². The Morgan fingerprint density at radius 3 is 2.70 bits per heavy atom. The van der Waals surface area contributed by atoms with Crippen LogP contribution in [-0.2, 0) is 4.74 Å². The summed E-state index contributed by atoms with van der Waals surface area (Å²) in [6.07, 6.45) is 0. The van der Waals surface area contributed by atoms with E-state index in [0.29, 0.717) is 22.9 Å². The molecule has 0 bridgehead atoms. The number of anilines is 1. The van der Waals surface area contributed by atoms with Gasteiger partial charge >= 0.3 is 5.97 Å². The van der Waals surface area contributed by atoms with Gasteiger partial charge in [-0.15, -0.1) is 0 Å². The highest BCUT2D eigenvalue weighted by molar-refractivity contribution is 7.99. The predicted molar refractivity (Wildman–Crippen MR) is 82.4 cm³/mol. The van der Waals surface area contributed by atoms with Crippen LogP contribution in [0.5, 0.6) is 0 Å². The van der Waals surface area contributed by atoms with Gasteiger partial charge in [-0.05, 0) is 43.3 Å². The summed E-state index contributed by atoms with van der Waals surface area (Å²) in [5.74, 6) is -0.404. The third-order valence-corrected chi connectivity index (χ3v) is 3.77. The fourth-order valence-corrected chi connectivity index (χ4v) is 2.82. The van der Waals surface area contributed by atoms with Gasteiger partial charge < -0.3 is 10.5 Å². The van der Waals surface area contributed by atoms with Crippen LogP contribution < -0.4 is 5.73 Å². The summed E-state index contributed by atoms with van der Waals surface area (Å²) in [7, 11) is 0. The van der Waals surface area contributed by atoms with Crippen LogP contribution in [0.15, 0.2) is 52.3 Å². The van der Waals surface area contributed by atoms with Gasteiger partial charge in [-0.25, -0.2) is 4.79 Å². The van der Waals surface area contributed by atoms with Crippen LogP contribution in [0.4, 0.5) is 5.69 Å². The van der Waals surface area contributed by atoms with Crippen LogP contribution in [-0.4, -0.2) is 12.6 Å². The molecule has 20 heavy (non-hydrogen) atoms. The molecule has 0 fully saturated rings. The number of nitrogens with two attached hydrogens (primary N) is 1. The van der Waals surface area contributed by atoms with Gasteiger partial charge in [0, 0.05) is 20.5 Å². The maximum absolute atomic E-state index is 11.8. The van der Waals surface area contributed by atoms with Crippen LogP contribution in [0.2, 0.25) is 5.02 Å². The number of nitrogen functional groups attached to an aromatic ring is 1. The molecule has 0 heterocycles. The average Bonchev–Trinajstić information content (AvgIpc) is 2.41. The summed E-state index contributed by atoms with van der Waals surface area (Å²) in [5, 5.41) is 0.677. The van der Waals surface area contributed by atoms with E-state index in [1.807, 2.05) is 30.3 Å². The summed E-state index contributed by atoms with van der Waals surface area (Å²) >= 11 is 7.46. The molecule has 0 aliphatic carbocycles. The summed E-state index contributed by atoms with van der Waals surface area (Å²) in [5.41, 5.74) is 6.61. The maximum Gasteiger partial charge on any atom is 0.340 e. The van der Waals surface area contributed by atoms with Crippen molar-refractivity contribution in [1.82, 2.24) is 0 Å². The van der Waals surface area contributed by atoms with Gasteiger partial charge in [0.1, 0.15) is 0 Å². The highest BCUT2D eigenvalue weighted by Crippen LogP contribution is 2.31. The third-order valence-electron chi connectivity index (χ3n) is 2.55. The van der Waals surface area contributed by atoms with Crippen molar-refractivity contribution < 1.29 is 9.53 Å². The van der Waals surface area contributed by atoms with Crippen LogP contribution in [0.1, 0.15) is 17.3 Å². The summed E-state index contributed by atoms with van der Waals surface area (Å²) in [4.78, 5) is 13.7. The van der Waals surface area contributed by atoms with E-state index < -0.39 is 5.97 Å². The molecule has 2 N–H and O–H groups in total. The number of ether oxygens (including phenoxy) is 1. The van der Waals surface area contributed by atoms with Gasteiger partial charge in [0.05, 0.1) is 12.2 Å². The minimum atomic E-state index is -0.404. The molecule has 3 nitrogen and oxygen atoms in total. The van der Waals surface area contributed by atoms with Crippen molar-refractivity contribution in [2.45, 2.75) is 16.7 Å². The number of hydrogen-bond acceptors (Lipinski definition) is 4. The average molecular weight is 308 g/mol. The van der Waals surface area contributed by atoms with Gasteiger partial charge in [0.15, 0.2) is 0 Å². The standard InChI is InChI=1S/C15H14ClNO2S/c1-2-19-15(18)13-9-12(6-7-14(13)17)20-11-5-3-4-10(16)8-11/h3-9H,2,17H2,1H3. The zero-order valence-corrected chi connectivity index (χ0v) is 12.5. The molecular formula is C15H14ClNO2S. The number of halogens is 1. The number of carbonyl (C=O) groups is 1. The topological polar surface area (TPSA) is 52.3 Å². The largest absolute Gasteiger partial charge is 0.462 e. The lowest BCUT2D eigenvalue weighted by Gasteiger charge is -2.08. The van der Waals surface area contributed by atoms with Crippen molar-refractivity contribution >= 4 is 35.0 Å². The van der Waals surface area contributed by atoms with E-state index in [1.165, 1.54) is 11.8 Å². The minimum absolute atomic E-state index is 0.323. The Balaban J connectivity index is 2.25. The molecule has 0 radical (unpaired) electrons. The van der Waals surface area contributed by atoms with Gasteiger partial charge in [0.2, 0.25) is 0 Å². The number of carbonyl (C=O) groups excluding carboxylic acids is 1. The maximum atomic E-state index is 11.8. The summed E-state index contributed by atoms with van der Waals surface area (Å²) in [6, 6.07) is 12.8. The van der Waals surface area contributed by atoms with Gasteiger partial charge in [-0.2, -0.15) is 0 Å². The molecule has 2 rings (SSSR count). The van der Waals surface area contributed by atoms with E-state index in [2.05, 4.69) is 0 Å². The van der Waals surface area contributed by atoms with E-state index in [1.54, 1.807) is 19.1 Å². The molecule has 0 amide bonds. The first-order valence-electron chi connectivity index (χ1n) is 6.10.